The molecule has 0 aliphatic carbocycles. The Balaban J connectivity index is -0.0000000508. The van der Waals surface area contributed by atoms with Gasteiger partial charge >= 0.3 is 0 Å². The number of nitrogens with zero attached hydrogens (tertiary/aromatic N) is 1. The van der Waals surface area contributed by atoms with Gasteiger partial charge in [-0.05, 0) is 12.1 Å². The Morgan fingerprint density at radius 3 is 1.08 bits per heavy atom. The molecule has 0 saturated heterocycles. The predicted octanol–water partition coefficient (Wildman–Crippen LogP) is 0.524. The number of pyridine rings is 1. The van der Waals surface area contributed by atoms with Crippen molar-refractivity contribution in [2.24, 2.45) is 0 Å². The van der Waals surface area contributed by atoms with Crippen LogP contribution in [0.2, 0.25) is 0 Å². The molecule has 0 aromatic carbocycles. The molecule has 1 heterocycles. The fraction of sp³-hybridized carbons (Fsp3) is 0. The van der Waals surface area contributed by atoms with E-state index in [4.69, 9.17) is 14.4 Å². The van der Waals surface area contributed by atoms with Gasteiger partial charge in [0.05, 0.1) is 0 Å². The standard InChI is InChI=1S/C5H5N.3CH2O.Mo/c1-2-4-6-5-3-1;3*1-2;/h1-5H;3*1H2;. The molecule has 13 heavy (non-hydrogen) atoms. The number of aromatic nitrogens is 1. The number of rotatable bonds is 0. The molecule has 5 heteroatoms. The molecule has 0 atom stereocenters. The molecule has 1 rings (SSSR count). The van der Waals surface area contributed by atoms with E-state index in [1.807, 2.05) is 38.6 Å². The summed E-state index contributed by atoms with van der Waals surface area (Å²) in [5.41, 5.74) is 0. The van der Waals surface area contributed by atoms with Crippen LogP contribution in [0.15, 0.2) is 30.6 Å². The van der Waals surface area contributed by atoms with Crippen LogP contribution in [0.4, 0.5) is 0 Å². The third-order valence-electron chi connectivity index (χ3n) is 0.566. The van der Waals surface area contributed by atoms with E-state index in [1.165, 1.54) is 0 Å². The molecule has 1 aromatic heterocycles. The van der Waals surface area contributed by atoms with Gasteiger partial charge in [0.1, 0.15) is 20.4 Å². The molecular weight excluding hydrogens is 254 g/mol. The first-order valence-electron chi connectivity index (χ1n) is 2.72. The van der Waals surface area contributed by atoms with Crippen molar-refractivity contribution >= 4 is 20.4 Å². The fourth-order valence-electron chi connectivity index (χ4n) is 0.313. The molecule has 72 valence electrons. The Morgan fingerprint density at radius 2 is 1.00 bits per heavy atom. The number of carbonyl (C=O) groups is 3. The van der Waals surface area contributed by atoms with Crippen molar-refractivity contribution in [1.82, 2.24) is 4.98 Å². The van der Waals surface area contributed by atoms with Crippen molar-refractivity contribution < 1.29 is 35.4 Å². The van der Waals surface area contributed by atoms with Crippen LogP contribution in [0.1, 0.15) is 0 Å². The summed E-state index contributed by atoms with van der Waals surface area (Å²) in [6.45, 7) is 6.00. The molecule has 0 saturated carbocycles. The minimum atomic E-state index is 0. The van der Waals surface area contributed by atoms with Gasteiger partial charge in [-0.2, -0.15) is 0 Å². The number of hydrogen-bond donors (Lipinski definition) is 0. The van der Waals surface area contributed by atoms with Gasteiger partial charge in [-0.1, -0.05) is 6.07 Å². The van der Waals surface area contributed by atoms with Crippen LogP contribution >= 0.6 is 0 Å². The SMILES string of the molecule is C=O.C=O.C=O.[Mo].c1ccncc1. The second-order valence-corrected chi connectivity index (χ2v) is 1.02. The summed E-state index contributed by atoms with van der Waals surface area (Å²) in [7, 11) is 0. The Hall–Kier alpha value is -1.15. The second-order valence-electron chi connectivity index (χ2n) is 1.02. The molecule has 4 nitrogen and oxygen atoms in total. The molecule has 0 N–H and O–H groups in total. The van der Waals surface area contributed by atoms with Crippen LogP contribution in [0, 0.1) is 0 Å². The van der Waals surface area contributed by atoms with Gasteiger partial charge in [0.25, 0.3) is 0 Å². The first-order valence-corrected chi connectivity index (χ1v) is 2.72. The summed E-state index contributed by atoms with van der Waals surface area (Å²) in [6, 6.07) is 5.72. The predicted molar refractivity (Wildman–Crippen MR) is 45.6 cm³/mol. The molecule has 0 amide bonds. The van der Waals surface area contributed by atoms with Gasteiger partial charge < -0.3 is 14.4 Å². The van der Waals surface area contributed by atoms with Crippen LogP contribution in [0.25, 0.3) is 0 Å². The number of hydrogen-bond acceptors (Lipinski definition) is 4. The maximum absolute atomic E-state index is 8.00. The summed E-state index contributed by atoms with van der Waals surface area (Å²) >= 11 is 0. The van der Waals surface area contributed by atoms with E-state index in [9.17, 15) is 0 Å². The van der Waals surface area contributed by atoms with Crippen molar-refractivity contribution in [2.45, 2.75) is 0 Å². The summed E-state index contributed by atoms with van der Waals surface area (Å²) in [6.07, 6.45) is 3.50. The van der Waals surface area contributed by atoms with Gasteiger partial charge in [0.15, 0.2) is 0 Å². The van der Waals surface area contributed by atoms with Crippen LogP contribution in [0.5, 0.6) is 0 Å². The largest absolute Gasteiger partial charge is 0.307 e. The van der Waals surface area contributed by atoms with Crippen molar-refractivity contribution in [3.63, 3.8) is 0 Å². The molecule has 0 fully saturated rings. The van der Waals surface area contributed by atoms with E-state index in [1.54, 1.807) is 12.4 Å². The quantitative estimate of drug-likeness (QED) is 0.642. The Bertz CT molecular complexity index is 120. The molecule has 0 unspecified atom stereocenters. The zero-order chi connectivity index (χ0) is 10.2. The van der Waals surface area contributed by atoms with Crippen LogP contribution in [-0.4, -0.2) is 25.4 Å². The van der Waals surface area contributed by atoms with E-state index in [0.717, 1.165) is 0 Å². The third kappa shape index (κ3) is 36.1. The van der Waals surface area contributed by atoms with E-state index >= 15 is 0 Å². The summed E-state index contributed by atoms with van der Waals surface area (Å²) in [5.74, 6) is 0. The average molecular weight is 265 g/mol. The van der Waals surface area contributed by atoms with Crippen LogP contribution < -0.4 is 0 Å². The first kappa shape index (κ1) is 22.6. The normalized spacial score (nSPS) is 4.62. The van der Waals surface area contributed by atoms with Crippen molar-refractivity contribution in [2.75, 3.05) is 0 Å². The Labute approximate surface area is 91.6 Å². The zero-order valence-corrected chi connectivity index (χ0v) is 9.10. The molecule has 0 radical (unpaired) electrons. The first-order chi connectivity index (χ1) is 6.00. The summed E-state index contributed by atoms with van der Waals surface area (Å²) < 4.78 is 0. The van der Waals surface area contributed by atoms with Crippen LogP contribution in [0.3, 0.4) is 0 Å². The van der Waals surface area contributed by atoms with Crippen LogP contribution in [-0.2, 0) is 35.4 Å². The minimum Gasteiger partial charge on any atom is -0.307 e. The molecule has 0 aliphatic heterocycles. The zero-order valence-electron chi connectivity index (χ0n) is 7.09. The van der Waals surface area contributed by atoms with Gasteiger partial charge in [0.2, 0.25) is 0 Å². The van der Waals surface area contributed by atoms with E-state index < -0.39 is 0 Å². The Kier molecular flexibility index (Phi) is 77.9. The number of carbonyl (C=O) groups excluding carboxylic acids is 3. The van der Waals surface area contributed by atoms with E-state index in [-0.39, 0.29) is 21.1 Å². The molecule has 0 aliphatic rings. The smallest absolute Gasteiger partial charge is 0.106 e. The monoisotopic (exact) mass is 267 g/mol. The van der Waals surface area contributed by atoms with Crippen molar-refractivity contribution in [3.8, 4) is 0 Å². The van der Waals surface area contributed by atoms with Gasteiger partial charge in [-0.15, -0.1) is 0 Å². The third-order valence-corrected chi connectivity index (χ3v) is 0.566. The van der Waals surface area contributed by atoms with Gasteiger partial charge in [-0.25, -0.2) is 0 Å². The summed E-state index contributed by atoms with van der Waals surface area (Å²) in [4.78, 5) is 27.8. The van der Waals surface area contributed by atoms with Crippen molar-refractivity contribution in [3.05, 3.63) is 30.6 Å². The maximum Gasteiger partial charge on any atom is 0.106 e. The van der Waals surface area contributed by atoms with E-state index in [0.29, 0.717) is 0 Å². The minimum absolute atomic E-state index is 0. The summed E-state index contributed by atoms with van der Waals surface area (Å²) in [5, 5.41) is 0. The molecule has 0 bridgehead atoms. The van der Waals surface area contributed by atoms with Gasteiger partial charge in [-0.3, -0.25) is 4.98 Å². The van der Waals surface area contributed by atoms with Gasteiger partial charge in [0, 0.05) is 33.5 Å². The molecule has 0 spiro atoms. The maximum atomic E-state index is 8.00. The van der Waals surface area contributed by atoms with E-state index in [2.05, 4.69) is 4.98 Å². The fourth-order valence-corrected chi connectivity index (χ4v) is 0.313. The second kappa shape index (κ2) is 44.8. The molecular formula is C8H11MoNO3. The topological polar surface area (TPSA) is 64.1 Å². The molecule has 1 aromatic rings. The Morgan fingerprint density at radius 1 is 0.692 bits per heavy atom. The average Bonchev–Trinajstić information content (AvgIpc) is 2.29. The van der Waals surface area contributed by atoms with Crippen molar-refractivity contribution in [1.29, 1.82) is 0 Å².